The average Bonchev–Trinajstić information content (AvgIpc) is 2.73. The van der Waals surface area contributed by atoms with E-state index in [1.165, 1.54) is 0 Å². The Labute approximate surface area is 193 Å². The summed E-state index contributed by atoms with van der Waals surface area (Å²) in [5.74, 6) is -2.85. The van der Waals surface area contributed by atoms with Crippen LogP contribution in [0.2, 0.25) is 0 Å². The number of hydrogen-bond donors (Lipinski definition) is 4. The summed E-state index contributed by atoms with van der Waals surface area (Å²) < 4.78 is 0. The number of nitrogens with zero attached hydrogens (tertiary/aromatic N) is 7. The fraction of sp³-hybridized carbons (Fsp3) is 0.842. The normalized spacial score (nSPS) is 18.1. The van der Waals surface area contributed by atoms with Crippen LogP contribution in [-0.2, 0) is 14.4 Å². The van der Waals surface area contributed by atoms with Crippen molar-refractivity contribution in [2.45, 2.75) is 6.42 Å². The Balaban J connectivity index is 2.76. The zero-order valence-electron chi connectivity index (χ0n) is 19.0. The standard InChI is InChI=1S/C19H36N8O6/c20-23-22-3-1-2-21-4-5-24-6-8-25(14-17(28)29)10-12-27(16-19(32)33)13-11-26(9-7-24)15-18(30)31/h21H,1-16H2,(H,28,29)(H,30,31)(H,32,33). The number of carboxylic acids is 3. The van der Waals surface area contributed by atoms with E-state index < -0.39 is 17.9 Å². The number of carbonyl (C=O) groups is 3. The van der Waals surface area contributed by atoms with Crippen LogP contribution in [0.1, 0.15) is 6.42 Å². The predicted molar refractivity (Wildman–Crippen MR) is 120 cm³/mol. The molecule has 0 atom stereocenters. The fourth-order valence-electron chi connectivity index (χ4n) is 3.53. The highest BCUT2D eigenvalue weighted by atomic mass is 16.4. The molecule has 1 aliphatic rings. The third-order valence-corrected chi connectivity index (χ3v) is 5.29. The first kappa shape index (κ1) is 28.6. The van der Waals surface area contributed by atoms with Crippen molar-refractivity contribution in [3.05, 3.63) is 10.4 Å². The van der Waals surface area contributed by atoms with Gasteiger partial charge >= 0.3 is 17.9 Å². The van der Waals surface area contributed by atoms with Gasteiger partial charge in [-0.2, -0.15) is 0 Å². The summed E-state index contributed by atoms with van der Waals surface area (Å²) in [5, 5.41) is 34.5. The molecule has 1 heterocycles. The van der Waals surface area contributed by atoms with E-state index in [2.05, 4.69) is 20.2 Å². The summed E-state index contributed by atoms with van der Waals surface area (Å²) in [5.41, 5.74) is 8.30. The molecule has 1 fully saturated rings. The molecule has 0 bridgehead atoms. The maximum Gasteiger partial charge on any atom is 0.317 e. The lowest BCUT2D eigenvalue weighted by molar-refractivity contribution is -0.140. The minimum absolute atomic E-state index is 0.127. The van der Waals surface area contributed by atoms with Gasteiger partial charge in [-0.1, -0.05) is 5.11 Å². The molecule has 1 saturated heterocycles. The van der Waals surface area contributed by atoms with E-state index in [9.17, 15) is 29.7 Å². The number of nitrogens with one attached hydrogen (secondary N) is 1. The van der Waals surface area contributed by atoms with Crippen molar-refractivity contribution in [3.63, 3.8) is 0 Å². The smallest absolute Gasteiger partial charge is 0.317 e. The molecular formula is C19H36N8O6. The molecule has 0 aromatic carbocycles. The minimum Gasteiger partial charge on any atom is -0.480 e. The van der Waals surface area contributed by atoms with Crippen LogP contribution in [0.5, 0.6) is 0 Å². The average molecular weight is 473 g/mol. The zero-order chi connectivity index (χ0) is 24.5. The Morgan fingerprint density at radius 3 is 1.48 bits per heavy atom. The molecule has 0 aromatic heterocycles. The van der Waals surface area contributed by atoms with Gasteiger partial charge in [0.2, 0.25) is 0 Å². The van der Waals surface area contributed by atoms with Gasteiger partial charge in [0.1, 0.15) is 0 Å². The van der Waals surface area contributed by atoms with Gasteiger partial charge in [-0.25, -0.2) is 0 Å². The Bertz CT molecular complexity index is 628. The van der Waals surface area contributed by atoms with Crippen LogP contribution < -0.4 is 5.32 Å². The van der Waals surface area contributed by atoms with E-state index in [1.807, 2.05) is 0 Å². The Morgan fingerprint density at radius 1 is 0.727 bits per heavy atom. The van der Waals surface area contributed by atoms with Crippen molar-refractivity contribution in [2.75, 3.05) is 98.2 Å². The van der Waals surface area contributed by atoms with E-state index in [0.717, 1.165) is 6.42 Å². The van der Waals surface area contributed by atoms with Crippen LogP contribution in [0, 0.1) is 0 Å². The summed E-state index contributed by atoms with van der Waals surface area (Å²) in [4.78, 5) is 44.0. The van der Waals surface area contributed by atoms with Gasteiger partial charge in [-0.3, -0.25) is 34.0 Å². The second-order valence-electron chi connectivity index (χ2n) is 7.91. The highest BCUT2D eigenvalue weighted by Gasteiger charge is 2.19. The molecule has 14 heteroatoms. The van der Waals surface area contributed by atoms with Crippen LogP contribution in [0.4, 0.5) is 0 Å². The third kappa shape index (κ3) is 15.1. The molecule has 1 aliphatic heterocycles. The monoisotopic (exact) mass is 472 g/mol. The Morgan fingerprint density at radius 2 is 1.12 bits per heavy atom. The highest BCUT2D eigenvalue weighted by molar-refractivity contribution is 5.69. The summed E-state index contributed by atoms with van der Waals surface area (Å²) in [6.07, 6.45) is 0.732. The molecule has 14 nitrogen and oxygen atoms in total. The molecule has 188 valence electrons. The molecule has 4 N–H and O–H groups in total. The topological polar surface area (TPSA) is 186 Å². The number of azide groups is 1. The molecule has 0 radical (unpaired) electrons. The summed E-state index contributed by atoms with van der Waals surface area (Å²) in [6, 6.07) is 0. The fourth-order valence-corrected chi connectivity index (χ4v) is 3.53. The van der Waals surface area contributed by atoms with E-state index in [4.69, 9.17) is 5.53 Å². The van der Waals surface area contributed by atoms with E-state index in [-0.39, 0.29) is 19.6 Å². The van der Waals surface area contributed by atoms with Gasteiger partial charge in [0.05, 0.1) is 19.6 Å². The molecule has 0 amide bonds. The summed E-state index contributed by atoms with van der Waals surface area (Å²) >= 11 is 0. The lowest BCUT2D eigenvalue weighted by atomic mass is 10.3. The summed E-state index contributed by atoms with van der Waals surface area (Å²) in [6.45, 7) is 5.90. The van der Waals surface area contributed by atoms with Gasteiger partial charge in [-0.15, -0.1) is 0 Å². The van der Waals surface area contributed by atoms with E-state index in [0.29, 0.717) is 78.5 Å². The minimum atomic E-state index is -0.977. The molecule has 1 rings (SSSR count). The van der Waals surface area contributed by atoms with Gasteiger partial charge in [0.15, 0.2) is 0 Å². The Kier molecular flexibility index (Phi) is 14.8. The lowest BCUT2D eigenvalue weighted by Crippen LogP contribution is -2.49. The molecule has 33 heavy (non-hydrogen) atoms. The van der Waals surface area contributed by atoms with Crippen molar-refractivity contribution in [3.8, 4) is 0 Å². The second-order valence-corrected chi connectivity index (χ2v) is 7.91. The molecular weight excluding hydrogens is 436 g/mol. The van der Waals surface area contributed by atoms with Crippen LogP contribution in [0.3, 0.4) is 0 Å². The van der Waals surface area contributed by atoms with Crippen molar-refractivity contribution >= 4 is 17.9 Å². The number of rotatable bonds is 13. The van der Waals surface area contributed by atoms with Crippen molar-refractivity contribution in [2.24, 2.45) is 5.11 Å². The Hall–Kier alpha value is -2.48. The van der Waals surface area contributed by atoms with Gasteiger partial charge in [0.25, 0.3) is 0 Å². The van der Waals surface area contributed by atoms with E-state index in [1.54, 1.807) is 14.7 Å². The van der Waals surface area contributed by atoms with Crippen LogP contribution in [0.15, 0.2) is 5.11 Å². The molecule has 0 unspecified atom stereocenters. The van der Waals surface area contributed by atoms with Crippen molar-refractivity contribution in [1.82, 2.24) is 24.9 Å². The van der Waals surface area contributed by atoms with Crippen molar-refractivity contribution < 1.29 is 29.7 Å². The van der Waals surface area contributed by atoms with Gasteiger partial charge in [-0.05, 0) is 18.5 Å². The SMILES string of the molecule is [N-]=[N+]=NCCCNCCN1CCN(CC(=O)O)CCN(CC(=O)O)CCN(CC(=O)O)CC1. The highest BCUT2D eigenvalue weighted by Crippen LogP contribution is 2.01. The second kappa shape index (κ2) is 17.1. The largest absolute Gasteiger partial charge is 0.480 e. The van der Waals surface area contributed by atoms with Gasteiger partial charge < -0.3 is 20.6 Å². The van der Waals surface area contributed by atoms with Crippen LogP contribution >= 0.6 is 0 Å². The van der Waals surface area contributed by atoms with Gasteiger partial charge in [0, 0.05) is 76.9 Å². The van der Waals surface area contributed by atoms with E-state index >= 15 is 0 Å². The van der Waals surface area contributed by atoms with Crippen LogP contribution in [0.25, 0.3) is 10.4 Å². The third-order valence-electron chi connectivity index (χ3n) is 5.29. The molecule has 0 spiro atoms. The first-order valence-electron chi connectivity index (χ1n) is 11.1. The first-order valence-corrected chi connectivity index (χ1v) is 11.1. The number of carboxylic acid groups (broad SMARTS) is 3. The van der Waals surface area contributed by atoms with Crippen molar-refractivity contribution in [1.29, 1.82) is 0 Å². The maximum atomic E-state index is 11.3. The zero-order valence-corrected chi connectivity index (χ0v) is 19.0. The first-order chi connectivity index (χ1) is 15.8. The maximum absolute atomic E-state index is 11.3. The molecule has 0 saturated carbocycles. The quantitative estimate of drug-likeness (QED) is 0.109. The summed E-state index contributed by atoms with van der Waals surface area (Å²) in [7, 11) is 0. The number of hydrogen-bond acceptors (Lipinski definition) is 9. The van der Waals surface area contributed by atoms with Crippen LogP contribution in [-0.4, -0.2) is 151 Å². The lowest BCUT2D eigenvalue weighted by Gasteiger charge is -2.33. The predicted octanol–water partition coefficient (Wildman–Crippen LogP) is -1.25. The number of aliphatic carboxylic acids is 3. The molecule has 0 aliphatic carbocycles. The molecule has 0 aromatic rings.